The first kappa shape index (κ1) is 21.8. The fraction of sp³-hybridized carbons (Fsp3) is 0.600. The normalized spacial score (nSPS) is 20.6. The molecule has 1 heterocycles. The lowest BCUT2D eigenvalue weighted by Gasteiger charge is -2.23. The molecule has 2 aliphatic rings. The zero-order valence-corrected chi connectivity index (χ0v) is 18.8. The molecule has 0 radical (unpaired) electrons. The third-order valence-corrected chi connectivity index (χ3v) is 5.53. The number of rotatable bonds is 6. The number of hydrogen-bond donors (Lipinski definition) is 2. The van der Waals surface area contributed by atoms with Gasteiger partial charge in [-0.1, -0.05) is 25.1 Å². The van der Waals surface area contributed by atoms with Crippen molar-refractivity contribution in [1.29, 1.82) is 0 Å². The summed E-state index contributed by atoms with van der Waals surface area (Å²) in [4.78, 5) is 18.1. The molecular formula is C20H31IN4O2. The predicted molar refractivity (Wildman–Crippen MR) is 119 cm³/mol. The molecule has 1 saturated carbocycles. The number of likely N-dealkylation sites (tertiary alicyclic amines) is 1. The van der Waals surface area contributed by atoms with Crippen molar-refractivity contribution in [3.8, 4) is 5.75 Å². The number of halogens is 1. The van der Waals surface area contributed by atoms with Crippen LogP contribution in [-0.4, -0.2) is 56.6 Å². The van der Waals surface area contributed by atoms with Crippen LogP contribution in [0.15, 0.2) is 29.3 Å². The maximum absolute atomic E-state index is 11.8. The Hall–Kier alpha value is -1.51. The molecule has 1 saturated heterocycles. The van der Waals surface area contributed by atoms with Crippen molar-refractivity contribution >= 4 is 35.8 Å². The number of carbonyl (C=O) groups excluding carboxylic acids is 1. The summed E-state index contributed by atoms with van der Waals surface area (Å²) < 4.78 is 5.55. The molecule has 1 aliphatic heterocycles. The Bertz CT molecular complexity index is 676. The average Bonchev–Trinajstić information content (AvgIpc) is 3.33. The number of nitrogens with one attached hydrogen (secondary N) is 2. The molecule has 1 amide bonds. The molecule has 2 fully saturated rings. The number of guanidine groups is 1. The molecule has 0 spiro atoms. The first-order valence-corrected chi connectivity index (χ1v) is 9.50. The molecule has 0 bridgehead atoms. The van der Waals surface area contributed by atoms with Crippen LogP contribution in [0.2, 0.25) is 0 Å². The van der Waals surface area contributed by atoms with Gasteiger partial charge < -0.3 is 20.3 Å². The van der Waals surface area contributed by atoms with E-state index in [1.54, 1.807) is 14.2 Å². The smallest absolute Gasteiger partial charge is 0.222 e. The number of carbonyl (C=O) groups is 1. The minimum Gasteiger partial charge on any atom is -0.496 e. The van der Waals surface area contributed by atoms with Gasteiger partial charge in [-0.05, 0) is 25.3 Å². The molecule has 2 N–H and O–H groups in total. The van der Waals surface area contributed by atoms with E-state index in [1.807, 2.05) is 24.0 Å². The zero-order chi connectivity index (χ0) is 18.6. The van der Waals surface area contributed by atoms with Crippen molar-refractivity contribution in [2.45, 2.75) is 44.1 Å². The number of amides is 1. The number of para-hydroxylation sites is 1. The van der Waals surface area contributed by atoms with Crippen LogP contribution in [0, 0.1) is 0 Å². The van der Waals surface area contributed by atoms with Crippen LogP contribution < -0.4 is 15.4 Å². The van der Waals surface area contributed by atoms with Crippen molar-refractivity contribution in [1.82, 2.24) is 15.5 Å². The van der Waals surface area contributed by atoms with Gasteiger partial charge >= 0.3 is 0 Å². The lowest BCUT2D eigenvalue weighted by atomic mass is 9.95. The predicted octanol–water partition coefficient (Wildman–Crippen LogP) is 2.52. The van der Waals surface area contributed by atoms with Crippen LogP contribution in [0.3, 0.4) is 0 Å². The summed E-state index contributed by atoms with van der Waals surface area (Å²) in [6, 6.07) is 8.53. The largest absolute Gasteiger partial charge is 0.496 e. The standard InChI is InChI=1S/C20H30N4O2.HI/c1-4-18(25)24-12-9-15(13-24)23-19(21-2)22-14-20(10-11-20)16-7-5-6-8-17(16)26-3;/h5-8,15H,4,9-14H2,1-3H3,(H2,21,22,23);1H. The summed E-state index contributed by atoms with van der Waals surface area (Å²) in [5.41, 5.74) is 1.40. The van der Waals surface area contributed by atoms with E-state index >= 15 is 0 Å². The minimum absolute atomic E-state index is 0. The molecular weight excluding hydrogens is 455 g/mol. The first-order chi connectivity index (χ1) is 12.6. The van der Waals surface area contributed by atoms with Crippen molar-refractivity contribution in [3.05, 3.63) is 29.8 Å². The maximum Gasteiger partial charge on any atom is 0.222 e. The number of ether oxygens (including phenoxy) is 1. The van der Waals surface area contributed by atoms with Crippen LogP contribution in [0.5, 0.6) is 5.75 Å². The van der Waals surface area contributed by atoms with Gasteiger partial charge in [0, 0.05) is 50.1 Å². The minimum atomic E-state index is 0. The van der Waals surface area contributed by atoms with Gasteiger partial charge in [0.15, 0.2) is 5.96 Å². The quantitative estimate of drug-likeness (QED) is 0.369. The van der Waals surface area contributed by atoms with Gasteiger partial charge in [-0.15, -0.1) is 24.0 Å². The maximum atomic E-state index is 11.8. The van der Waals surface area contributed by atoms with E-state index in [0.717, 1.165) is 50.6 Å². The van der Waals surface area contributed by atoms with Gasteiger partial charge in [0.2, 0.25) is 5.91 Å². The molecule has 150 valence electrons. The van der Waals surface area contributed by atoms with Crippen molar-refractivity contribution < 1.29 is 9.53 Å². The van der Waals surface area contributed by atoms with E-state index in [4.69, 9.17) is 4.74 Å². The zero-order valence-electron chi connectivity index (χ0n) is 16.5. The molecule has 1 aliphatic carbocycles. The second-order valence-electron chi connectivity index (χ2n) is 7.23. The van der Waals surface area contributed by atoms with Gasteiger partial charge in [0.1, 0.15) is 5.75 Å². The summed E-state index contributed by atoms with van der Waals surface area (Å²) in [6.45, 7) is 4.32. The fourth-order valence-electron chi connectivity index (χ4n) is 3.74. The Morgan fingerprint density at radius 1 is 1.37 bits per heavy atom. The number of hydrogen-bond acceptors (Lipinski definition) is 3. The second-order valence-corrected chi connectivity index (χ2v) is 7.23. The number of nitrogens with zero attached hydrogens (tertiary/aromatic N) is 2. The van der Waals surface area contributed by atoms with Crippen molar-refractivity contribution in [2.75, 3.05) is 33.8 Å². The van der Waals surface area contributed by atoms with E-state index < -0.39 is 0 Å². The molecule has 1 atom stereocenters. The molecule has 1 aromatic carbocycles. The summed E-state index contributed by atoms with van der Waals surface area (Å²) in [6.07, 6.45) is 3.84. The Morgan fingerprint density at radius 2 is 2.11 bits per heavy atom. The monoisotopic (exact) mass is 486 g/mol. The highest BCUT2D eigenvalue weighted by Gasteiger charge is 2.46. The molecule has 1 aromatic rings. The number of benzene rings is 1. The third-order valence-electron chi connectivity index (χ3n) is 5.53. The Balaban J connectivity index is 0.00000261. The van der Waals surface area contributed by atoms with Crippen LogP contribution in [-0.2, 0) is 10.2 Å². The lowest BCUT2D eigenvalue weighted by Crippen LogP contribution is -2.47. The van der Waals surface area contributed by atoms with Gasteiger partial charge in [-0.2, -0.15) is 0 Å². The lowest BCUT2D eigenvalue weighted by molar-refractivity contribution is -0.129. The number of methoxy groups -OCH3 is 1. The SMILES string of the molecule is CCC(=O)N1CCC(NC(=NC)NCC2(c3ccccc3OC)CC2)C1.I. The molecule has 1 unspecified atom stereocenters. The highest BCUT2D eigenvalue weighted by Crippen LogP contribution is 2.50. The van der Waals surface area contributed by atoms with Crippen molar-refractivity contribution in [2.24, 2.45) is 4.99 Å². The van der Waals surface area contributed by atoms with E-state index in [1.165, 1.54) is 5.56 Å². The highest BCUT2D eigenvalue weighted by atomic mass is 127. The molecule has 0 aromatic heterocycles. The van der Waals surface area contributed by atoms with E-state index in [9.17, 15) is 4.79 Å². The van der Waals surface area contributed by atoms with Crippen LogP contribution in [0.4, 0.5) is 0 Å². The topological polar surface area (TPSA) is 66.0 Å². The third kappa shape index (κ3) is 5.06. The second kappa shape index (κ2) is 9.61. The Labute approximate surface area is 179 Å². The van der Waals surface area contributed by atoms with E-state index in [-0.39, 0.29) is 41.3 Å². The molecule has 27 heavy (non-hydrogen) atoms. The van der Waals surface area contributed by atoms with Crippen LogP contribution >= 0.6 is 24.0 Å². The molecule has 3 rings (SSSR count). The molecule has 7 heteroatoms. The Kier molecular flexibility index (Phi) is 7.76. The van der Waals surface area contributed by atoms with Crippen molar-refractivity contribution in [3.63, 3.8) is 0 Å². The fourth-order valence-corrected chi connectivity index (χ4v) is 3.74. The number of aliphatic imine (C=N–C) groups is 1. The first-order valence-electron chi connectivity index (χ1n) is 9.50. The molecule has 6 nitrogen and oxygen atoms in total. The summed E-state index contributed by atoms with van der Waals surface area (Å²) >= 11 is 0. The van der Waals surface area contributed by atoms with Gasteiger partial charge in [-0.3, -0.25) is 9.79 Å². The van der Waals surface area contributed by atoms with E-state index in [2.05, 4.69) is 27.8 Å². The van der Waals surface area contributed by atoms with Gasteiger partial charge in [-0.25, -0.2) is 0 Å². The van der Waals surface area contributed by atoms with Crippen LogP contribution in [0.1, 0.15) is 38.2 Å². The summed E-state index contributed by atoms with van der Waals surface area (Å²) in [5, 5.41) is 6.96. The Morgan fingerprint density at radius 3 is 2.74 bits per heavy atom. The van der Waals surface area contributed by atoms with Crippen LogP contribution in [0.25, 0.3) is 0 Å². The summed E-state index contributed by atoms with van der Waals surface area (Å²) in [5.74, 6) is 1.99. The summed E-state index contributed by atoms with van der Waals surface area (Å²) in [7, 11) is 3.52. The van der Waals surface area contributed by atoms with Gasteiger partial charge in [0.05, 0.1) is 7.11 Å². The average molecular weight is 486 g/mol. The highest BCUT2D eigenvalue weighted by molar-refractivity contribution is 14.0. The van der Waals surface area contributed by atoms with Gasteiger partial charge in [0.25, 0.3) is 0 Å². The van der Waals surface area contributed by atoms with E-state index in [0.29, 0.717) is 6.42 Å².